The van der Waals surface area contributed by atoms with Crippen molar-refractivity contribution in [1.29, 1.82) is 0 Å². The molecule has 0 aliphatic heterocycles. The summed E-state index contributed by atoms with van der Waals surface area (Å²) < 4.78 is 4.93. The lowest BCUT2D eigenvalue weighted by molar-refractivity contribution is 1.18. The summed E-state index contributed by atoms with van der Waals surface area (Å²) in [4.78, 5) is 0. The number of nitrogens with zero attached hydrogens (tertiary/aromatic N) is 2. The summed E-state index contributed by atoms with van der Waals surface area (Å²) in [5.41, 5.74) is 11.9. The topological polar surface area (TPSA) is 9.86 Å². The Labute approximate surface area is 391 Å². The van der Waals surface area contributed by atoms with E-state index in [4.69, 9.17) is 0 Å². The summed E-state index contributed by atoms with van der Waals surface area (Å²) in [6.45, 7) is 0. The molecule has 13 aromatic carbocycles. The molecule has 0 fully saturated rings. The first-order valence-electron chi connectivity index (χ1n) is 23.6. The standard InChI is InChI=1S/C66H40N2/c1-2-16-45(17-3-1)67-61-28-14-12-25-54(61)58-37-41(31-34-63(58)67)42-32-35-64-59(38-42)55-26-13-15-29-62(55)68(64)65-40-44(39-60-52-24-9-7-21-49(52)50-22-10-11-27-56(50)66(60)65)43-30-33-53-48-20-5-4-18-46(48)47-19-6-8-23-51(47)57(53)36-43/h1-40H. The van der Waals surface area contributed by atoms with E-state index in [0.717, 1.165) is 0 Å². The maximum Gasteiger partial charge on any atom is 0.0553 e. The molecule has 2 heterocycles. The third kappa shape index (κ3) is 5.28. The van der Waals surface area contributed by atoms with Crippen LogP contribution in [-0.2, 0) is 0 Å². The van der Waals surface area contributed by atoms with Crippen molar-refractivity contribution >= 4 is 108 Å². The van der Waals surface area contributed by atoms with Gasteiger partial charge in [-0.05, 0) is 148 Å². The third-order valence-corrected chi connectivity index (χ3v) is 14.8. The van der Waals surface area contributed by atoms with E-state index in [-0.39, 0.29) is 0 Å². The Morgan fingerprint density at radius 1 is 0.191 bits per heavy atom. The molecule has 0 N–H and O–H groups in total. The smallest absolute Gasteiger partial charge is 0.0553 e. The molecular weight excluding hydrogens is 821 g/mol. The first-order valence-corrected chi connectivity index (χ1v) is 23.6. The van der Waals surface area contributed by atoms with Crippen LogP contribution in [0.1, 0.15) is 0 Å². The van der Waals surface area contributed by atoms with Gasteiger partial charge in [0.2, 0.25) is 0 Å². The Bertz CT molecular complexity index is 4570. The molecule has 0 saturated heterocycles. The van der Waals surface area contributed by atoms with Crippen LogP contribution in [-0.4, -0.2) is 9.13 Å². The zero-order valence-electron chi connectivity index (χ0n) is 37.0. The van der Waals surface area contributed by atoms with Crippen molar-refractivity contribution in [3.63, 3.8) is 0 Å². The van der Waals surface area contributed by atoms with Crippen molar-refractivity contribution in [2.45, 2.75) is 0 Å². The zero-order chi connectivity index (χ0) is 44.5. The predicted molar refractivity (Wildman–Crippen MR) is 291 cm³/mol. The first-order chi connectivity index (χ1) is 33.7. The van der Waals surface area contributed by atoms with Crippen LogP contribution < -0.4 is 0 Å². The molecule has 0 aliphatic carbocycles. The lowest BCUT2D eigenvalue weighted by Crippen LogP contribution is -1.98. The molecule has 0 radical (unpaired) electrons. The summed E-state index contributed by atoms with van der Waals surface area (Å²) in [7, 11) is 0. The molecule has 2 heteroatoms. The molecule has 0 amide bonds. The molecule has 0 spiro atoms. The minimum absolute atomic E-state index is 1.17. The zero-order valence-corrected chi connectivity index (χ0v) is 37.0. The molecule has 0 bridgehead atoms. The number of rotatable bonds is 4. The summed E-state index contributed by atoms with van der Waals surface area (Å²) in [5, 5.41) is 20.2. The minimum atomic E-state index is 1.17. The van der Waals surface area contributed by atoms with Gasteiger partial charge in [-0.1, -0.05) is 176 Å². The van der Waals surface area contributed by atoms with Crippen molar-refractivity contribution < 1.29 is 0 Å². The first kappa shape index (κ1) is 37.3. The highest BCUT2D eigenvalue weighted by Gasteiger charge is 2.21. The van der Waals surface area contributed by atoms with Crippen LogP contribution >= 0.6 is 0 Å². The van der Waals surface area contributed by atoms with E-state index < -0.39 is 0 Å². The van der Waals surface area contributed by atoms with Gasteiger partial charge in [-0.3, -0.25) is 0 Å². The monoisotopic (exact) mass is 860 g/mol. The molecule has 15 rings (SSSR count). The Balaban J connectivity index is 1.00. The molecule has 0 unspecified atom stereocenters. The highest BCUT2D eigenvalue weighted by Crippen LogP contribution is 2.45. The highest BCUT2D eigenvalue weighted by molar-refractivity contribution is 6.29. The second-order valence-corrected chi connectivity index (χ2v) is 18.4. The van der Waals surface area contributed by atoms with Gasteiger partial charge in [0.15, 0.2) is 0 Å². The van der Waals surface area contributed by atoms with Gasteiger partial charge in [-0.25, -0.2) is 0 Å². The van der Waals surface area contributed by atoms with Gasteiger partial charge < -0.3 is 9.13 Å². The SMILES string of the molecule is c1ccc(-n2c3ccccc3c3cc(-c4ccc5c(c4)c4ccccc4n5-c4cc(-c5ccc6c7ccccc7c7ccccc7c6c5)cc5c6ccccc6c6ccccc6c45)ccc32)cc1. The molecule has 2 nitrogen and oxygen atoms in total. The molecule has 2 aromatic heterocycles. The number of aromatic nitrogens is 2. The lowest BCUT2D eigenvalue weighted by atomic mass is 9.89. The largest absolute Gasteiger partial charge is 0.309 e. The number of fused-ring (bicyclic) bond motifs is 18. The van der Waals surface area contributed by atoms with Gasteiger partial charge in [0, 0.05) is 32.6 Å². The van der Waals surface area contributed by atoms with E-state index in [0.29, 0.717) is 0 Å². The second kappa shape index (κ2) is 14.3. The maximum absolute atomic E-state index is 2.54. The average Bonchev–Trinajstić information content (AvgIpc) is 3.93. The van der Waals surface area contributed by atoms with Crippen molar-refractivity contribution in [3.05, 3.63) is 243 Å². The van der Waals surface area contributed by atoms with Gasteiger partial charge in [0.25, 0.3) is 0 Å². The molecule has 314 valence electrons. The molecule has 0 atom stereocenters. The number of benzene rings is 13. The van der Waals surface area contributed by atoms with E-state index in [9.17, 15) is 0 Å². The Hall–Kier alpha value is -8.98. The van der Waals surface area contributed by atoms with Crippen LogP contribution in [0.3, 0.4) is 0 Å². The number of hydrogen-bond donors (Lipinski definition) is 0. The van der Waals surface area contributed by atoms with Gasteiger partial charge in [-0.15, -0.1) is 0 Å². The quantitative estimate of drug-likeness (QED) is 0.156. The van der Waals surface area contributed by atoms with Crippen molar-refractivity contribution in [2.24, 2.45) is 0 Å². The van der Waals surface area contributed by atoms with Gasteiger partial charge in [0.1, 0.15) is 0 Å². The molecular formula is C66H40N2. The fourth-order valence-electron chi connectivity index (χ4n) is 11.9. The van der Waals surface area contributed by atoms with Crippen LogP contribution in [0.5, 0.6) is 0 Å². The summed E-state index contributed by atoms with van der Waals surface area (Å²) in [6, 6.07) is 90.3. The minimum Gasteiger partial charge on any atom is -0.309 e. The number of hydrogen-bond acceptors (Lipinski definition) is 0. The fraction of sp³-hybridized carbons (Fsp3) is 0. The van der Waals surface area contributed by atoms with E-state index in [1.807, 2.05) is 0 Å². The van der Waals surface area contributed by atoms with E-state index in [2.05, 4.69) is 252 Å². The highest BCUT2D eigenvalue weighted by atomic mass is 15.0. The normalized spacial score (nSPS) is 12.1. The van der Waals surface area contributed by atoms with Crippen molar-refractivity contribution in [2.75, 3.05) is 0 Å². The van der Waals surface area contributed by atoms with Crippen molar-refractivity contribution in [1.82, 2.24) is 9.13 Å². The Morgan fingerprint density at radius 2 is 0.544 bits per heavy atom. The van der Waals surface area contributed by atoms with Crippen LogP contribution in [0, 0.1) is 0 Å². The van der Waals surface area contributed by atoms with Gasteiger partial charge >= 0.3 is 0 Å². The van der Waals surface area contributed by atoms with E-state index in [1.54, 1.807) is 0 Å². The third-order valence-electron chi connectivity index (χ3n) is 14.8. The molecule has 68 heavy (non-hydrogen) atoms. The molecule has 0 aliphatic rings. The maximum atomic E-state index is 2.54. The average molecular weight is 861 g/mol. The summed E-state index contributed by atoms with van der Waals surface area (Å²) in [5.74, 6) is 0. The Kier molecular flexibility index (Phi) is 7.81. The van der Waals surface area contributed by atoms with Crippen LogP contribution in [0.2, 0.25) is 0 Å². The number of para-hydroxylation sites is 3. The second-order valence-electron chi connectivity index (χ2n) is 18.4. The van der Waals surface area contributed by atoms with Gasteiger partial charge in [-0.2, -0.15) is 0 Å². The lowest BCUT2D eigenvalue weighted by Gasteiger charge is -2.19. The van der Waals surface area contributed by atoms with Crippen LogP contribution in [0.25, 0.3) is 142 Å². The molecule has 15 aromatic rings. The fourth-order valence-corrected chi connectivity index (χ4v) is 11.9. The van der Waals surface area contributed by atoms with Crippen LogP contribution in [0.15, 0.2) is 243 Å². The van der Waals surface area contributed by atoms with E-state index >= 15 is 0 Å². The Morgan fingerprint density at radius 3 is 1.12 bits per heavy atom. The van der Waals surface area contributed by atoms with Gasteiger partial charge in [0.05, 0.1) is 27.8 Å². The van der Waals surface area contributed by atoms with E-state index in [1.165, 1.54) is 142 Å². The summed E-state index contributed by atoms with van der Waals surface area (Å²) >= 11 is 0. The predicted octanol–water partition coefficient (Wildman–Crippen LogP) is 18.1. The van der Waals surface area contributed by atoms with Crippen molar-refractivity contribution in [3.8, 4) is 33.6 Å². The molecule has 0 saturated carbocycles. The van der Waals surface area contributed by atoms with Crippen LogP contribution in [0.4, 0.5) is 0 Å². The summed E-state index contributed by atoms with van der Waals surface area (Å²) in [6.07, 6.45) is 0.